The molecule has 136 valence electrons. The van der Waals surface area contributed by atoms with Gasteiger partial charge in [0.25, 0.3) is 0 Å². The number of hydrogen-bond acceptors (Lipinski definition) is 4. The van der Waals surface area contributed by atoms with Gasteiger partial charge in [-0.15, -0.1) is 0 Å². The SMILES string of the molecule is O=C(O)c1ccccc1NC(=O)N1CCc2[nH]cnc2[C@H]1c1cccnc1. The first-order valence-corrected chi connectivity index (χ1v) is 8.47. The number of aromatic carboxylic acids is 1. The molecule has 0 radical (unpaired) electrons. The van der Waals surface area contributed by atoms with Crippen molar-refractivity contribution in [2.45, 2.75) is 12.5 Å². The van der Waals surface area contributed by atoms with Crippen LogP contribution in [0.5, 0.6) is 0 Å². The van der Waals surface area contributed by atoms with Crippen LogP contribution >= 0.6 is 0 Å². The van der Waals surface area contributed by atoms with Gasteiger partial charge >= 0.3 is 12.0 Å². The topological polar surface area (TPSA) is 111 Å². The maximum atomic E-state index is 13.0. The summed E-state index contributed by atoms with van der Waals surface area (Å²) in [5.41, 5.74) is 2.90. The average molecular weight is 363 g/mol. The van der Waals surface area contributed by atoms with E-state index in [-0.39, 0.29) is 17.3 Å². The second-order valence-electron chi connectivity index (χ2n) is 6.18. The summed E-state index contributed by atoms with van der Waals surface area (Å²) in [4.78, 5) is 37.8. The van der Waals surface area contributed by atoms with Crippen molar-refractivity contribution >= 4 is 17.7 Å². The van der Waals surface area contributed by atoms with Crippen LogP contribution in [0, 0.1) is 0 Å². The number of carboxylic acids is 1. The van der Waals surface area contributed by atoms with E-state index in [2.05, 4.69) is 20.3 Å². The number of aromatic nitrogens is 3. The molecule has 8 nitrogen and oxygen atoms in total. The van der Waals surface area contributed by atoms with Crippen LogP contribution in [0.1, 0.15) is 33.4 Å². The fraction of sp³-hybridized carbons (Fsp3) is 0.158. The zero-order valence-corrected chi connectivity index (χ0v) is 14.3. The number of H-pyrrole nitrogens is 1. The van der Waals surface area contributed by atoms with Crippen molar-refractivity contribution in [3.05, 3.63) is 77.6 Å². The molecule has 1 aromatic carbocycles. The highest BCUT2D eigenvalue weighted by Gasteiger charge is 2.34. The van der Waals surface area contributed by atoms with Gasteiger partial charge < -0.3 is 20.3 Å². The monoisotopic (exact) mass is 363 g/mol. The Hall–Kier alpha value is -3.68. The van der Waals surface area contributed by atoms with Gasteiger partial charge in [-0.25, -0.2) is 14.6 Å². The van der Waals surface area contributed by atoms with Crippen LogP contribution in [0.3, 0.4) is 0 Å². The fourth-order valence-electron chi connectivity index (χ4n) is 3.34. The van der Waals surface area contributed by atoms with Gasteiger partial charge in [0.15, 0.2) is 0 Å². The van der Waals surface area contributed by atoms with Gasteiger partial charge in [0.2, 0.25) is 0 Å². The van der Waals surface area contributed by atoms with E-state index >= 15 is 0 Å². The Morgan fingerprint density at radius 3 is 2.85 bits per heavy atom. The number of fused-ring (bicyclic) bond motifs is 1. The summed E-state index contributed by atoms with van der Waals surface area (Å²) in [5, 5.41) is 12.1. The Morgan fingerprint density at radius 2 is 2.07 bits per heavy atom. The minimum absolute atomic E-state index is 0.0428. The van der Waals surface area contributed by atoms with Gasteiger partial charge in [0.05, 0.1) is 23.3 Å². The van der Waals surface area contributed by atoms with Crippen molar-refractivity contribution in [2.75, 3.05) is 11.9 Å². The molecule has 0 spiro atoms. The van der Waals surface area contributed by atoms with Gasteiger partial charge in [0.1, 0.15) is 6.04 Å². The van der Waals surface area contributed by atoms with Gasteiger partial charge in [-0.1, -0.05) is 18.2 Å². The Kier molecular flexibility index (Phi) is 4.29. The highest BCUT2D eigenvalue weighted by Crippen LogP contribution is 2.33. The molecule has 0 aliphatic carbocycles. The van der Waals surface area contributed by atoms with Crippen molar-refractivity contribution in [1.82, 2.24) is 19.9 Å². The lowest BCUT2D eigenvalue weighted by atomic mass is 9.97. The number of para-hydroxylation sites is 1. The largest absolute Gasteiger partial charge is 0.478 e. The second kappa shape index (κ2) is 6.91. The van der Waals surface area contributed by atoms with Gasteiger partial charge in [-0.05, 0) is 23.8 Å². The molecule has 0 fully saturated rings. The summed E-state index contributed by atoms with van der Waals surface area (Å²) in [6, 6.07) is 9.26. The molecule has 2 aromatic heterocycles. The van der Waals surface area contributed by atoms with E-state index in [0.29, 0.717) is 13.0 Å². The van der Waals surface area contributed by atoms with E-state index in [1.54, 1.807) is 41.8 Å². The van der Waals surface area contributed by atoms with Gasteiger partial charge in [-0.2, -0.15) is 0 Å². The van der Waals surface area contributed by atoms with Crippen LogP contribution in [-0.2, 0) is 6.42 Å². The van der Waals surface area contributed by atoms with Crippen LogP contribution < -0.4 is 5.32 Å². The number of nitrogens with zero attached hydrogens (tertiary/aromatic N) is 3. The first-order valence-electron chi connectivity index (χ1n) is 8.47. The van der Waals surface area contributed by atoms with Crippen LogP contribution in [0.25, 0.3) is 0 Å². The third kappa shape index (κ3) is 3.12. The fourth-order valence-corrected chi connectivity index (χ4v) is 3.34. The van der Waals surface area contributed by atoms with Crippen molar-refractivity contribution in [3.8, 4) is 0 Å². The third-order valence-electron chi connectivity index (χ3n) is 4.59. The van der Waals surface area contributed by atoms with E-state index in [4.69, 9.17) is 0 Å². The molecule has 0 bridgehead atoms. The minimum Gasteiger partial charge on any atom is -0.478 e. The normalized spacial score (nSPS) is 15.9. The van der Waals surface area contributed by atoms with E-state index in [9.17, 15) is 14.7 Å². The predicted octanol–water partition coefficient (Wildman–Crippen LogP) is 2.68. The summed E-state index contributed by atoms with van der Waals surface area (Å²) in [6.45, 7) is 0.468. The Balaban J connectivity index is 1.68. The molecule has 0 unspecified atom stereocenters. The standard InChI is InChI=1S/C19H17N5O3/c25-18(26)13-5-1-2-6-14(13)23-19(27)24-9-7-15-16(22-11-21-15)17(24)12-4-3-8-20-10-12/h1-6,8,10-11,17H,7,9H2,(H,21,22)(H,23,27)(H,25,26)/t17-/m1/s1. The molecule has 27 heavy (non-hydrogen) atoms. The second-order valence-corrected chi connectivity index (χ2v) is 6.18. The number of hydrogen-bond donors (Lipinski definition) is 3. The molecule has 0 saturated carbocycles. The predicted molar refractivity (Wildman–Crippen MR) is 97.5 cm³/mol. The van der Waals surface area contributed by atoms with Gasteiger partial charge in [0, 0.05) is 31.1 Å². The summed E-state index contributed by atoms with van der Waals surface area (Å²) < 4.78 is 0. The Morgan fingerprint density at radius 1 is 1.22 bits per heavy atom. The lowest BCUT2D eigenvalue weighted by molar-refractivity contribution is 0.0698. The number of imidazole rings is 1. The summed E-state index contributed by atoms with van der Waals surface area (Å²) in [7, 11) is 0. The summed E-state index contributed by atoms with van der Waals surface area (Å²) in [6.07, 6.45) is 5.64. The lowest BCUT2D eigenvalue weighted by Gasteiger charge is -2.35. The van der Waals surface area contributed by atoms with Crippen LogP contribution in [0.15, 0.2) is 55.1 Å². The number of carbonyl (C=O) groups is 2. The van der Waals surface area contributed by atoms with Crippen LogP contribution in [0.2, 0.25) is 0 Å². The average Bonchev–Trinajstić information content (AvgIpc) is 3.17. The smallest absolute Gasteiger partial charge is 0.337 e. The first kappa shape index (κ1) is 16.8. The van der Waals surface area contributed by atoms with Crippen molar-refractivity contribution in [1.29, 1.82) is 0 Å². The number of carbonyl (C=O) groups excluding carboxylic acids is 1. The molecule has 4 rings (SSSR count). The third-order valence-corrected chi connectivity index (χ3v) is 4.59. The van der Waals surface area contributed by atoms with Crippen molar-refractivity contribution in [3.63, 3.8) is 0 Å². The lowest BCUT2D eigenvalue weighted by Crippen LogP contribution is -2.43. The number of anilines is 1. The number of amides is 2. The first-order chi connectivity index (χ1) is 13.1. The Labute approximate surface area is 154 Å². The number of benzene rings is 1. The van der Waals surface area contributed by atoms with Crippen LogP contribution in [0.4, 0.5) is 10.5 Å². The van der Waals surface area contributed by atoms with E-state index in [1.165, 1.54) is 6.07 Å². The molecule has 2 amide bonds. The Bertz CT molecular complexity index is 986. The number of carboxylic acid groups (broad SMARTS) is 1. The molecule has 3 heterocycles. The molecule has 0 saturated heterocycles. The summed E-state index contributed by atoms with van der Waals surface area (Å²) in [5.74, 6) is -1.09. The molecular formula is C19H17N5O3. The molecule has 1 atom stereocenters. The maximum Gasteiger partial charge on any atom is 0.337 e. The zero-order chi connectivity index (χ0) is 18.8. The maximum absolute atomic E-state index is 13.0. The zero-order valence-electron chi connectivity index (χ0n) is 14.3. The van der Waals surface area contributed by atoms with Crippen LogP contribution in [-0.4, -0.2) is 43.5 Å². The minimum atomic E-state index is -1.09. The quantitative estimate of drug-likeness (QED) is 0.662. The van der Waals surface area contributed by atoms with Crippen molar-refractivity contribution < 1.29 is 14.7 Å². The molecular weight excluding hydrogens is 346 g/mol. The van der Waals surface area contributed by atoms with Gasteiger partial charge in [-0.3, -0.25) is 4.98 Å². The molecule has 1 aliphatic rings. The van der Waals surface area contributed by atoms with E-state index in [1.807, 2.05) is 12.1 Å². The number of aromatic amines is 1. The number of pyridine rings is 1. The number of rotatable bonds is 3. The number of urea groups is 1. The van der Waals surface area contributed by atoms with E-state index in [0.717, 1.165) is 17.0 Å². The molecule has 3 aromatic rings. The molecule has 1 aliphatic heterocycles. The number of nitrogens with one attached hydrogen (secondary N) is 2. The highest BCUT2D eigenvalue weighted by atomic mass is 16.4. The summed E-state index contributed by atoms with van der Waals surface area (Å²) >= 11 is 0. The van der Waals surface area contributed by atoms with E-state index < -0.39 is 12.0 Å². The molecule has 3 N–H and O–H groups in total. The highest BCUT2D eigenvalue weighted by molar-refractivity contribution is 6.00. The molecule has 8 heteroatoms. The van der Waals surface area contributed by atoms with Crippen molar-refractivity contribution in [2.24, 2.45) is 0 Å².